The molecular formula is C29H29N7O. The van der Waals surface area contributed by atoms with Crippen molar-refractivity contribution in [2.45, 2.75) is 25.3 Å². The molecule has 3 aromatic heterocycles. The fourth-order valence-electron chi connectivity index (χ4n) is 4.72. The number of imidazole rings is 1. The summed E-state index contributed by atoms with van der Waals surface area (Å²) in [5, 5.41) is 7.35. The predicted molar refractivity (Wildman–Crippen MR) is 142 cm³/mol. The standard InChI is InChI=1S/C29H29N7O/c1-34-11-13-35(14-12-34)20-23-7-8-25(16-27(23)22-5-6-22)33-29(37)24-15-21(17-30-18-24)4-9-26-19-31-28-3-2-10-32-36(26)28/h2-3,7-8,10,15-19,22H,5-6,11-14,20H2,1H3,(H,33,37). The number of anilines is 1. The predicted octanol–water partition coefficient (Wildman–Crippen LogP) is 3.40. The van der Waals surface area contributed by atoms with Crippen molar-refractivity contribution in [3.05, 3.63) is 89.1 Å². The molecule has 186 valence electrons. The van der Waals surface area contributed by atoms with E-state index in [2.05, 4.69) is 61.2 Å². The summed E-state index contributed by atoms with van der Waals surface area (Å²) in [5.74, 6) is 6.57. The van der Waals surface area contributed by atoms with Gasteiger partial charge in [0.1, 0.15) is 5.69 Å². The Balaban J connectivity index is 1.16. The maximum atomic E-state index is 13.1. The van der Waals surface area contributed by atoms with E-state index in [1.54, 1.807) is 35.4 Å². The summed E-state index contributed by atoms with van der Waals surface area (Å²) in [6, 6.07) is 11.8. The number of rotatable bonds is 5. The summed E-state index contributed by atoms with van der Waals surface area (Å²) in [4.78, 5) is 26.5. The first kappa shape index (κ1) is 23.3. The van der Waals surface area contributed by atoms with Crippen molar-refractivity contribution in [2.75, 3.05) is 38.5 Å². The van der Waals surface area contributed by atoms with Crippen LogP contribution in [-0.2, 0) is 6.54 Å². The molecule has 1 N–H and O–H groups in total. The van der Waals surface area contributed by atoms with Crippen LogP contribution in [0, 0.1) is 11.8 Å². The van der Waals surface area contributed by atoms with Crippen LogP contribution < -0.4 is 5.32 Å². The molecule has 1 amide bonds. The van der Waals surface area contributed by atoms with Crippen LogP contribution in [0.4, 0.5) is 5.69 Å². The molecule has 1 saturated carbocycles. The van der Waals surface area contributed by atoms with Gasteiger partial charge in [0.05, 0.1) is 11.8 Å². The van der Waals surface area contributed by atoms with Crippen molar-refractivity contribution in [1.82, 2.24) is 29.4 Å². The number of carbonyl (C=O) groups excluding carboxylic acids is 1. The highest BCUT2D eigenvalue weighted by Crippen LogP contribution is 2.43. The van der Waals surface area contributed by atoms with Crippen LogP contribution >= 0.6 is 0 Å². The van der Waals surface area contributed by atoms with Gasteiger partial charge in [0, 0.05) is 62.6 Å². The fourth-order valence-corrected chi connectivity index (χ4v) is 4.72. The van der Waals surface area contributed by atoms with Gasteiger partial charge in [0.2, 0.25) is 0 Å². The van der Waals surface area contributed by atoms with Crippen LogP contribution in [0.5, 0.6) is 0 Å². The molecule has 4 aromatic rings. The SMILES string of the molecule is CN1CCN(Cc2ccc(NC(=O)c3cncc(C#Cc4cnc5cccnn45)c3)cc2C2CC2)CC1. The Bertz CT molecular complexity index is 1500. The van der Waals surface area contributed by atoms with E-state index in [1.165, 1.54) is 24.0 Å². The Kier molecular flexibility index (Phi) is 6.39. The second kappa shape index (κ2) is 10.1. The average molecular weight is 492 g/mol. The second-order valence-electron chi connectivity index (χ2n) is 9.87. The number of pyridine rings is 1. The summed E-state index contributed by atoms with van der Waals surface area (Å²) in [5.41, 5.74) is 6.11. The van der Waals surface area contributed by atoms with E-state index in [0.29, 0.717) is 22.7 Å². The third-order valence-corrected chi connectivity index (χ3v) is 7.02. The van der Waals surface area contributed by atoms with E-state index in [-0.39, 0.29) is 5.91 Å². The molecule has 2 fully saturated rings. The zero-order valence-corrected chi connectivity index (χ0v) is 20.9. The van der Waals surface area contributed by atoms with Gasteiger partial charge in [-0.1, -0.05) is 12.0 Å². The van der Waals surface area contributed by atoms with E-state index in [0.717, 1.165) is 44.1 Å². The van der Waals surface area contributed by atoms with Gasteiger partial charge in [-0.15, -0.1) is 0 Å². The van der Waals surface area contributed by atoms with Crippen molar-refractivity contribution >= 4 is 17.2 Å². The number of aromatic nitrogens is 4. The van der Waals surface area contributed by atoms with Crippen molar-refractivity contribution in [3.63, 3.8) is 0 Å². The lowest BCUT2D eigenvalue weighted by molar-refractivity contribution is 0.102. The Labute approximate surface area is 216 Å². The average Bonchev–Trinajstić information content (AvgIpc) is 3.69. The third-order valence-electron chi connectivity index (χ3n) is 7.02. The topological polar surface area (TPSA) is 78.7 Å². The highest BCUT2D eigenvalue weighted by Gasteiger charge is 2.27. The van der Waals surface area contributed by atoms with Crippen LogP contribution in [0.15, 0.2) is 61.2 Å². The number of nitrogens with zero attached hydrogens (tertiary/aromatic N) is 6. The maximum absolute atomic E-state index is 13.1. The van der Waals surface area contributed by atoms with Gasteiger partial charge < -0.3 is 10.2 Å². The van der Waals surface area contributed by atoms with Crippen molar-refractivity contribution in [3.8, 4) is 11.8 Å². The number of hydrogen-bond donors (Lipinski definition) is 1. The van der Waals surface area contributed by atoms with Crippen LogP contribution in [0.2, 0.25) is 0 Å². The minimum atomic E-state index is -0.193. The largest absolute Gasteiger partial charge is 0.322 e. The number of piperazine rings is 1. The molecular weight excluding hydrogens is 462 g/mol. The lowest BCUT2D eigenvalue weighted by Gasteiger charge is -2.32. The number of nitrogens with one attached hydrogen (secondary N) is 1. The molecule has 1 aromatic carbocycles. The first-order valence-electron chi connectivity index (χ1n) is 12.7. The van der Waals surface area contributed by atoms with Gasteiger partial charge in [0.15, 0.2) is 5.65 Å². The Morgan fingerprint density at radius 2 is 1.92 bits per heavy atom. The van der Waals surface area contributed by atoms with Gasteiger partial charge in [-0.05, 0) is 73.2 Å². The van der Waals surface area contributed by atoms with Crippen molar-refractivity contribution in [2.24, 2.45) is 0 Å². The molecule has 0 radical (unpaired) electrons. The monoisotopic (exact) mass is 491 g/mol. The molecule has 4 heterocycles. The number of hydrogen-bond acceptors (Lipinski definition) is 6. The van der Waals surface area contributed by atoms with Crippen molar-refractivity contribution < 1.29 is 4.79 Å². The smallest absolute Gasteiger partial charge is 0.257 e. The summed E-state index contributed by atoms with van der Waals surface area (Å²) in [6.07, 6.45) is 9.04. The van der Waals surface area contributed by atoms with Gasteiger partial charge in [0.25, 0.3) is 5.91 Å². The lowest BCUT2D eigenvalue weighted by atomic mass is 10.0. The van der Waals surface area contributed by atoms with Gasteiger partial charge in [-0.2, -0.15) is 5.10 Å². The van der Waals surface area contributed by atoms with E-state index < -0.39 is 0 Å². The summed E-state index contributed by atoms with van der Waals surface area (Å²) < 4.78 is 1.68. The quantitative estimate of drug-likeness (QED) is 0.431. The van der Waals surface area contributed by atoms with E-state index in [1.807, 2.05) is 18.2 Å². The van der Waals surface area contributed by atoms with Crippen molar-refractivity contribution in [1.29, 1.82) is 0 Å². The normalized spacial score (nSPS) is 16.4. The highest BCUT2D eigenvalue weighted by atomic mass is 16.1. The van der Waals surface area contributed by atoms with Crippen LogP contribution in [0.3, 0.4) is 0 Å². The second-order valence-corrected chi connectivity index (χ2v) is 9.87. The first-order valence-corrected chi connectivity index (χ1v) is 12.7. The third kappa shape index (κ3) is 5.38. The highest BCUT2D eigenvalue weighted by molar-refractivity contribution is 6.04. The molecule has 0 unspecified atom stereocenters. The number of carbonyl (C=O) groups is 1. The molecule has 6 rings (SSSR count). The number of benzene rings is 1. The molecule has 1 aliphatic heterocycles. The summed E-state index contributed by atoms with van der Waals surface area (Å²) >= 11 is 0. The number of fused-ring (bicyclic) bond motifs is 1. The van der Waals surface area contributed by atoms with Gasteiger partial charge in [-0.3, -0.25) is 14.7 Å². The molecule has 8 heteroatoms. The molecule has 0 atom stereocenters. The van der Waals surface area contributed by atoms with Crippen LogP contribution in [0.1, 0.15) is 51.5 Å². The van der Waals surface area contributed by atoms with E-state index in [4.69, 9.17) is 0 Å². The number of amides is 1. The zero-order valence-electron chi connectivity index (χ0n) is 20.9. The van der Waals surface area contributed by atoms with Crippen LogP contribution in [0.25, 0.3) is 5.65 Å². The molecule has 2 aliphatic rings. The summed E-state index contributed by atoms with van der Waals surface area (Å²) in [7, 11) is 2.18. The number of likely N-dealkylation sites (N-methyl/N-ethyl adjacent to an activating group) is 1. The Morgan fingerprint density at radius 1 is 1.05 bits per heavy atom. The van der Waals surface area contributed by atoms with Gasteiger partial charge >= 0.3 is 0 Å². The van der Waals surface area contributed by atoms with E-state index >= 15 is 0 Å². The lowest BCUT2D eigenvalue weighted by Crippen LogP contribution is -2.44. The molecule has 0 spiro atoms. The fraction of sp³-hybridized carbons (Fsp3) is 0.310. The summed E-state index contributed by atoms with van der Waals surface area (Å²) in [6.45, 7) is 5.39. The molecule has 8 nitrogen and oxygen atoms in total. The molecule has 37 heavy (non-hydrogen) atoms. The van der Waals surface area contributed by atoms with E-state index in [9.17, 15) is 4.79 Å². The first-order chi connectivity index (χ1) is 18.1. The zero-order chi connectivity index (χ0) is 25.2. The maximum Gasteiger partial charge on any atom is 0.257 e. The Morgan fingerprint density at radius 3 is 2.76 bits per heavy atom. The van der Waals surface area contributed by atoms with Gasteiger partial charge in [-0.25, -0.2) is 9.50 Å². The molecule has 0 bridgehead atoms. The molecule has 1 aliphatic carbocycles. The molecule has 1 saturated heterocycles. The van der Waals surface area contributed by atoms with Crippen LogP contribution in [-0.4, -0.2) is 68.5 Å². The Hall–Kier alpha value is -4.06. The minimum Gasteiger partial charge on any atom is -0.322 e. The minimum absolute atomic E-state index is 0.193.